The van der Waals surface area contributed by atoms with Gasteiger partial charge in [0, 0.05) is 6.54 Å². The van der Waals surface area contributed by atoms with E-state index in [-0.39, 0.29) is 11.8 Å². The van der Waals surface area contributed by atoms with Crippen LogP contribution in [-0.2, 0) is 4.79 Å². The molecule has 1 unspecified atom stereocenters. The number of hydrogen-bond donors (Lipinski definition) is 2. The lowest BCUT2D eigenvalue weighted by Gasteiger charge is -2.18. The largest absolute Gasteiger partial charge is 0.355 e. The monoisotopic (exact) mass is 314 g/mol. The molecule has 2 N–H and O–H groups in total. The van der Waals surface area contributed by atoms with Gasteiger partial charge in [0.25, 0.3) is 5.91 Å². The normalized spacial score (nSPS) is 11.8. The zero-order valence-corrected chi connectivity index (χ0v) is 13.2. The quantitative estimate of drug-likeness (QED) is 0.812. The third-order valence-corrected chi connectivity index (χ3v) is 3.68. The van der Waals surface area contributed by atoms with Gasteiger partial charge in [-0.1, -0.05) is 23.7 Å². The van der Waals surface area contributed by atoms with E-state index in [1.54, 1.807) is 36.0 Å². The summed E-state index contributed by atoms with van der Waals surface area (Å²) in [7, 11) is 0. The average Bonchev–Trinajstić information content (AvgIpc) is 2.43. The van der Waals surface area contributed by atoms with Crippen molar-refractivity contribution in [2.75, 3.05) is 18.6 Å². The van der Waals surface area contributed by atoms with Crippen molar-refractivity contribution in [2.45, 2.75) is 19.4 Å². The smallest absolute Gasteiger partial charge is 0.253 e. The third-order valence-electron chi connectivity index (χ3n) is 2.70. The molecule has 0 aliphatic carbocycles. The van der Waals surface area contributed by atoms with Crippen molar-refractivity contribution in [2.24, 2.45) is 0 Å². The van der Waals surface area contributed by atoms with Crippen LogP contribution in [-0.4, -0.2) is 36.4 Å². The predicted octanol–water partition coefficient (Wildman–Crippen LogP) is 2.33. The Kier molecular flexibility index (Phi) is 7.47. The van der Waals surface area contributed by atoms with Crippen LogP contribution in [0.1, 0.15) is 23.7 Å². The Morgan fingerprint density at radius 2 is 2.05 bits per heavy atom. The van der Waals surface area contributed by atoms with Gasteiger partial charge in [-0.15, -0.1) is 0 Å². The van der Waals surface area contributed by atoms with Crippen molar-refractivity contribution in [1.29, 1.82) is 0 Å². The number of thioether (sulfide) groups is 1. The molecule has 1 rings (SSSR count). The maximum atomic E-state index is 12.2. The summed E-state index contributed by atoms with van der Waals surface area (Å²) in [5, 5.41) is 5.85. The molecular formula is C14H19ClN2O2S. The first kappa shape index (κ1) is 16.9. The first-order chi connectivity index (χ1) is 9.60. The first-order valence-electron chi connectivity index (χ1n) is 6.42. The molecule has 2 amide bonds. The number of amides is 2. The fourth-order valence-corrected chi connectivity index (χ4v) is 2.38. The van der Waals surface area contributed by atoms with Crippen LogP contribution in [0.25, 0.3) is 0 Å². The minimum Gasteiger partial charge on any atom is -0.355 e. The van der Waals surface area contributed by atoms with Crippen molar-refractivity contribution < 1.29 is 9.59 Å². The van der Waals surface area contributed by atoms with E-state index in [4.69, 9.17) is 11.6 Å². The molecule has 6 heteroatoms. The van der Waals surface area contributed by atoms with Crippen LogP contribution < -0.4 is 10.6 Å². The third kappa shape index (κ3) is 5.06. The van der Waals surface area contributed by atoms with Gasteiger partial charge < -0.3 is 10.6 Å². The van der Waals surface area contributed by atoms with Crippen LogP contribution in [0.2, 0.25) is 5.02 Å². The molecular weight excluding hydrogens is 296 g/mol. The number of carbonyl (C=O) groups is 2. The Bertz CT molecular complexity index is 468. The summed E-state index contributed by atoms with van der Waals surface area (Å²) < 4.78 is 0. The number of rotatable bonds is 7. The zero-order chi connectivity index (χ0) is 15.0. The molecule has 20 heavy (non-hydrogen) atoms. The van der Waals surface area contributed by atoms with E-state index in [2.05, 4.69) is 10.6 Å². The number of benzene rings is 1. The number of hydrogen-bond acceptors (Lipinski definition) is 3. The standard InChI is InChI=1S/C14H19ClN2O2S/c1-3-16-14(19)12(8-9-20-2)17-13(18)10-6-4-5-7-11(10)15/h4-7,12H,3,8-9H2,1-2H3,(H,16,19)(H,17,18). The number of carbonyl (C=O) groups excluding carboxylic acids is 2. The molecule has 0 saturated carbocycles. The summed E-state index contributed by atoms with van der Waals surface area (Å²) in [6, 6.07) is 6.25. The molecule has 1 aromatic rings. The zero-order valence-electron chi connectivity index (χ0n) is 11.6. The van der Waals surface area contributed by atoms with Gasteiger partial charge in [0.15, 0.2) is 0 Å². The second-order valence-corrected chi connectivity index (χ2v) is 5.57. The van der Waals surface area contributed by atoms with Gasteiger partial charge in [0.1, 0.15) is 6.04 Å². The highest BCUT2D eigenvalue weighted by atomic mass is 35.5. The molecule has 0 aromatic heterocycles. The fraction of sp³-hybridized carbons (Fsp3) is 0.429. The highest BCUT2D eigenvalue weighted by Crippen LogP contribution is 2.15. The van der Waals surface area contributed by atoms with Crippen LogP contribution in [0.15, 0.2) is 24.3 Å². The molecule has 0 bridgehead atoms. The van der Waals surface area contributed by atoms with Gasteiger partial charge in [-0.25, -0.2) is 0 Å². The predicted molar refractivity (Wildman–Crippen MR) is 84.4 cm³/mol. The summed E-state index contributed by atoms with van der Waals surface area (Å²) in [6.07, 6.45) is 2.55. The van der Waals surface area contributed by atoms with Crippen LogP contribution in [0.3, 0.4) is 0 Å². The summed E-state index contributed by atoms with van der Waals surface area (Å²) in [6.45, 7) is 2.38. The van der Waals surface area contributed by atoms with Crippen LogP contribution in [0.4, 0.5) is 0 Å². The van der Waals surface area contributed by atoms with Gasteiger partial charge in [-0.3, -0.25) is 9.59 Å². The number of likely N-dealkylation sites (N-methyl/N-ethyl adjacent to an activating group) is 1. The van der Waals surface area contributed by atoms with Crippen molar-refractivity contribution in [3.63, 3.8) is 0 Å². The molecule has 0 saturated heterocycles. The molecule has 110 valence electrons. The Balaban J connectivity index is 2.76. The van der Waals surface area contributed by atoms with Gasteiger partial charge in [0.2, 0.25) is 5.91 Å². The molecule has 0 aliphatic rings. The molecule has 4 nitrogen and oxygen atoms in total. The molecule has 0 spiro atoms. The topological polar surface area (TPSA) is 58.2 Å². The van der Waals surface area contributed by atoms with Crippen molar-refractivity contribution >= 4 is 35.2 Å². The fourth-order valence-electron chi connectivity index (χ4n) is 1.68. The molecule has 0 fully saturated rings. The number of halogens is 1. The number of nitrogens with one attached hydrogen (secondary N) is 2. The summed E-state index contributed by atoms with van der Waals surface area (Å²) in [5.74, 6) is 0.305. The summed E-state index contributed by atoms with van der Waals surface area (Å²) >= 11 is 7.62. The van der Waals surface area contributed by atoms with Crippen molar-refractivity contribution in [3.05, 3.63) is 34.9 Å². The second-order valence-electron chi connectivity index (χ2n) is 4.18. The molecule has 0 radical (unpaired) electrons. The van der Waals surface area contributed by atoms with Crippen molar-refractivity contribution in [3.8, 4) is 0 Å². The minimum atomic E-state index is -0.536. The van der Waals surface area contributed by atoms with Crippen LogP contribution >= 0.6 is 23.4 Å². The summed E-state index contributed by atoms with van der Waals surface area (Å²) in [4.78, 5) is 24.1. The second kappa shape index (κ2) is 8.87. The molecule has 0 heterocycles. The van der Waals surface area contributed by atoms with Gasteiger partial charge in [-0.05, 0) is 37.5 Å². The summed E-state index contributed by atoms with van der Waals surface area (Å²) in [5.41, 5.74) is 0.382. The van der Waals surface area contributed by atoms with Crippen LogP contribution in [0.5, 0.6) is 0 Å². The maximum Gasteiger partial charge on any atom is 0.253 e. The Labute approximate surface area is 128 Å². The average molecular weight is 315 g/mol. The highest BCUT2D eigenvalue weighted by Gasteiger charge is 2.21. The lowest BCUT2D eigenvalue weighted by molar-refractivity contribution is -0.122. The maximum absolute atomic E-state index is 12.2. The van der Waals surface area contributed by atoms with E-state index < -0.39 is 6.04 Å². The van der Waals surface area contributed by atoms with Gasteiger partial charge in [-0.2, -0.15) is 11.8 Å². The molecule has 0 aliphatic heterocycles. The Hall–Kier alpha value is -1.20. The lowest BCUT2D eigenvalue weighted by Crippen LogP contribution is -2.47. The van der Waals surface area contributed by atoms with E-state index in [0.717, 1.165) is 5.75 Å². The Morgan fingerprint density at radius 3 is 2.65 bits per heavy atom. The van der Waals surface area contributed by atoms with Crippen molar-refractivity contribution in [1.82, 2.24) is 10.6 Å². The molecule has 1 aromatic carbocycles. The molecule has 1 atom stereocenters. The minimum absolute atomic E-state index is 0.165. The lowest BCUT2D eigenvalue weighted by atomic mass is 10.1. The SMILES string of the molecule is CCNC(=O)C(CCSC)NC(=O)c1ccccc1Cl. The van der Waals surface area contributed by atoms with Gasteiger partial charge in [0.05, 0.1) is 10.6 Å². The van der Waals surface area contributed by atoms with E-state index in [1.165, 1.54) is 0 Å². The highest BCUT2D eigenvalue weighted by molar-refractivity contribution is 7.98. The first-order valence-corrected chi connectivity index (χ1v) is 8.19. The Morgan fingerprint density at radius 1 is 1.35 bits per heavy atom. The van der Waals surface area contributed by atoms with Crippen LogP contribution in [0, 0.1) is 0 Å². The van der Waals surface area contributed by atoms with E-state index in [9.17, 15) is 9.59 Å². The van der Waals surface area contributed by atoms with E-state index in [0.29, 0.717) is 23.6 Å². The van der Waals surface area contributed by atoms with Gasteiger partial charge >= 0.3 is 0 Å². The van der Waals surface area contributed by atoms with E-state index >= 15 is 0 Å². The van der Waals surface area contributed by atoms with E-state index in [1.807, 2.05) is 13.2 Å².